The summed E-state index contributed by atoms with van der Waals surface area (Å²) in [5.74, 6) is -2.12. The molecule has 0 radical (unpaired) electrons. The lowest BCUT2D eigenvalue weighted by atomic mass is 10.0. The maximum Gasteiger partial charge on any atom is 0.472 e. The van der Waals surface area contributed by atoms with Gasteiger partial charge in [-0.25, -0.2) is 9.13 Å². The molecule has 534 valence electrons. The molecule has 19 heteroatoms. The number of carbonyl (C=O) groups excluding carboxylic acids is 4. The Labute approximate surface area is 549 Å². The van der Waals surface area contributed by atoms with E-state index < -0.39 is 97.5 Å². The second-order valence-electron chi connectivity index (χ2n) is 25.6. The number of hydrogen-bond acceptors (Lipinski definition) is 15. The Morgan fingerprint density at radius 2 is 0.444 bits per heavy atom. The van der Waals surface area contributed by atoms with Crippen molar-refractivity contribution >= 4 is 39.5 Å². The van der Waals surface area contributed by atoms with Crippen LogP contribution in [0.5, 0.6) is 0 Å². The van der Waals surface area contributed by atoms with Gasteiger partial charge in [0, 0.05) is 25.7 Å². The molecule has 5 atom stereocenters. The quantitative estimate of drug-likeness (QED) is 0.0222. The van der Waals surface area contributed by atoms with Crippen molar-refractivity contribution in [1.29, 1.82) is 0 Å². The molecule has 0 aliphatic rings. The van der Waals surface area contributed by atoms with E-state index in [-0.39, 0.29) is 25.7 Å². The Hall–Kier alpha value is -1.94. The number of phosphoric ester groups is 2. The topological polar surface area (TPSA) is 237 Å². The molecule has 2 unspecified atom stereocenters. The van der Waals surface area contributed by atoms with E-state index in [0.717, 1.165) is 103 Å². The van der Waals surface area contributed by atoms with E-state index in [9.17, 15) is 43.2 Å². The van der Waals surface area contributed by atoms with Gasteiger partial charge in [-0.3, -0.25) is 37.3 Å². The summed E-state index contributed by atoms with van der Waals surface area (Å²) >= 11 is 0. The molecule has 0 rings (SSSR count). The van der Waals surface area contributed by atoms with E-state index in [4.69, 9.17) is 37.0 Å². The molecule has 0 aromatic carbocycles. The summed E-state index contributed by atoms with van der Waals surface area (Å²) in [6.45, 7) is 4.91. The number of phosphoric acid groups is 2. The Kier molecular flexibility index (Phi) is 64.3. The first-order chi connectivity index (χ1) is 43.7. The standard InChI is InChI=1S/C71H138O17P2/c1-5-9-13-17-21-24-27-29-30-31-32-33-34-36-39-42-46-50-54-58-71(76)88-67(62-82-69(74)56-52-48-44-40-38-35-28-25-22-18-14-10-6-2)64-86-90(79,80)84-60-65(72)59-83-89(77,78)85-63-66(61-81-68(73)55-51-47-43-20-16-12-8-4)87-70(75)57-53-49-45-41-37-26-23-19-15-11-7-3/h65-67,72H,5-64H2,1-4H3,(H,77,78)(H,79,80)/t65-,66+,67+/m0/s1. The van der Waals surface area contributed by atoms with Crippen LogP contribution in [0.15, 0.2) is 0 Å². The van der Waals surface area contributed by atoms with E-state index in [1.54, 1.807) is 0 Å². The van der Waals surface area contributed by atoms with Crippen LogP contribution >= 0.6 is 15.6 Å². The molecule has 0 saturated heterocycles. The maximum atomic E-state index is 13.0. The minimum atomic E-state index is -4.95. The number of ether oxygens (including phenoxy) is 4. The van der Waals surface area contributed by atoms with Crippen molar-refractivity contribution in [2.45, 2.75) is 393 Å². The van der Waals surface area contributed by atoms with Crippen LogP contribution in [0.1, 0.15) is 374 Å². The highest BCUT2D eigenvalue weighted by Gasteiger charge is 2.30. The normalized spacial score (nSPS) is 14.0. The summed E-state index contributed by atoms with van der Waals surface area (Å²) in [7, 11) is -9.89. The number of esters is 4. The molecule has 0 aromatic heterocycles. The summed E-state index contributed by atoms with van der Waals surface area (Å²) in [5, 5.41) is 10.6. The third-order valence-corrected chi connectivity index (χ3v) is 18.5. The van der Waals surface area contributed by atoms with Crippen molar-refractivity contribution in [3.05, 3.63) is 0 Å². The Bertz CT molecular complexity index is 1720. The molecule has 17 nitrogen and oxygen atoms in total. The Morgan fingerprint density at radius 3 is 0.656 bits per heavy atom. The number of aliphatic hydroxyl groups excluding tert-OH is 1. The molecule has 0 spiro atoms. The van der Waals surface area contributed by atoms with E-state index in [0.29, 0.717) is 25.7 Å². The molecular weight excluding hydrogens is 1190 g/mol. The molecule has 0 aliphatic heterocycles. The minimum Gasteiger partial charge on any atom is -0.462 e. The molecule has 0 saturated carbocycles. The fraction of sp³-hybridized carbons (Fsp3) is 0.944. The van der Waals surface area contributed by atoms with Gasteiger partial charge in [0.15, 0.2) is 12.2 Å². The van der Waals surface area contributed by atoms with E-state index in [1.807, 2.05) is 0 Å². The predicted molar refractivity (Wildman–Crippen MR) is 363 cm³/mol. The average Bonchev–Trinajstić information content (AvgIpc) is 3.14. The fourth-order valence-corrected chi connectivity index (χ4v) is 12.4. The summed E-state index contributed by atoms with van der Waals surface area (Å²) in [6, 6.07) is 0. The number of unbranched alkanes of at least 4 members (excludes halogenated alkanes) is 46. The van der Waals surface area contributed by atoms with Gasteiger partial charge < -0.3 is 33.8 Å². The number of hydrogen-bond donors (Lipinski definition) is 3. The maximum absolute atomic E-state index is 13.0. The van der Waals surface area contributed by atoms with Gasteiger partial charge in [-0.15, -0.1) is 0 Å². The van der Waals surface area contributed by atoms with Crippen molar-refractivity contribution < 1.29 is 80.2 Å². The third kappa shape index (κ3) is 64.8. The second kappa shape index (κ2) is 65.7. The summed E-state index contributed by atoms with van der Waals surface area (Å²) in [4.78, 5) is 72.4. The SMILES string of the molecule is CCCCCCCCCCCCCCCCCCCCCC(=O)O[C@H](COC(=O)CCCCCCCCCCCCCCC)COP(=O)(O)OC[C@@H](O)COP(=O)(O)OC[C@@H](COC(=O)CCCCCCCCC)OC(=O)CCCCCCCCCCCCC. The summed E-state index contributed by atoms with van der Waals surface area (Å²) < 4.78 is 68.2. The Balaban J connectivity index is 5.17. The first kappa shape index (κ1) is 88.1. The molecule has 0 aromatic rings. The Morgan fingerprint density at radius 1 is 0.267 bits per heavy atom. The van der Waals surface area contributed by atoms with Crippen LogP contribution in [0.3, 0.4) is 0 Å². The third-order valence-electron chi connectivity index (χ3n) is 16.6. The fourth-order valence-electron chi connectivity index (χ4n) is 10.9. The van der Waals surface area contributed by atoms with Crippen molar-refractivity contribution in [3.63, 3.8) is 0 Å². The van der Waals surface area contributed by atoms with Crippen LogP contribution in [0.4, 0.5) is 0 Å². The van der Waals surface area contributed by atoms with Crippen molar-refractivity contribution in [2.75, 3.05) is 39.6 Å². The van der Waals surface area contributed by atoms with E-state index in [1.165, 1.54) is 193 Å². The van der Waals surface area contributed by atoms with Gasteiger partial charge in [0.25, 0.3) is 0 Å². The van der Waals surface area contributed by atoms with E-state index in [2.05, 4.69) is 27.7 Å². The molecule has 0 heterocycles. The van der Waals surface area contributed by atoms with Crippen LogP contribution in [0.25, 0.3) is 0 Å². The number of aliphatic hydroxyl groups is 1. The predicted octanol–water partition coefficient (Wildman–Crippen LogP) is 20.7. The zero-order chi connectivity index (χ0) is 66.1. The van der Waals surface area contributed by atoms with Gasteiger partial charge in [0.1, 0.15) is 19.3 Å². The monoisotopic (exact) mass is 1320 g/mol. The largest absolute Gasteiger partial charge is 0.472 e. The van der Waals surface area contributed by atoms with Crippen LogP contribution in [-0.4, -0.2) is 96.7 Å². The highest BCUT2D eigenvalue weighted by Crippen LogP contribution is 2.45. The zero-order valence-corrected chi connectivity index (χ0v) is 59.9. The minimum absolute atomic E-state index is 0.107. The summed E-state index contributed by atoms with van der Waals surface area (Å²) in [5.41, 5.74) is 0. The van der Waals surface area contributed by atoms with Gasteiger partial charge in [-0.2, -0.15) is 0 Å². The van der Waals surface area contributed by atoms with Gasteiger partial charge in [0.05, 0.1) is 26.4 Å². The zero-order valence-electron chi connectivity index (χ0n) is 58.1. The smallest absolute Gasteiger partial charge is 0.462 e. The van der Waals surface area contributed by atoms with Crippen molar-refractivity contribution in [1.82, 2.24) is 0 Å². The van der Waals surface area contributed by atoms with Crippen LogP contribution in [-0.2, 0) is 65.4 Å². The first-order valence-electron chi connectivity index (χ1n) is 37.3. The van der Waals surface area contributed by atoms with Gasteiger partial charge in [0.2, 0.25) is 0 Å². The van der Waals surface area contributed by atoms with Crippen molar-refractivity contribution in [3.8, 4) is 0 Å². The lowest BCUT2D eigenvalue weighted by Gasteiger charge is -2.21. The van der Waals surface area contributed by atoms with E-state index >= 15 is 0 Å². The molecule has 0 fully saturated rings. The molecule has 0 bridgehead atoms. The van der Waals surface area contributed by atoms with Crippen molar-refractivity contribution in [2.24, 2.45) is 0 Å². The van der Waals surface area contributed by atoms with Gasteiger partial charge in [-0.1, -0.05) is 323 Å². The number of rotatable bonds is 72. The van der Waals surface area contributed by atoms with Crippen LogP contribution in [0, 0.1) is 0 Å². The van der Waals surface area contributed by atoms with Gasteiger partial charge in [-0.05, 0) is 25.7 Å². The molecule has 0 amide bonds. The average molecular weight is 1330 g/mol. The molecular formula is C71H138O17P2. The number of carbonyl (C=O) groups is 4. The molecule has 3 N–H and O–H groups in total. The summed E-state index contributed by atoms with van der Waals surface area (Å²) in [6.07, 6.45) is 54.2. The lowest BCUT2D eigenvalue weighted by Crippen LogP contribution is -2.30. The van der Waals surface area contributed by atoms with Gasteiger partial charge >= 0.3 is 39.5 Å². The molecule has 90 heavy (non-hydrogen) atoms. The lowest BCUT2D eigenvalue weighted by molar-refractivity contribution is -0.161. The second-order valence-corrected chi connectivity index (χ2v) is 28.5. The van der Waals surface area contributed by atoms with Crippen LogP contribution in [0.2, 0.25) is 0 Å². The highest BCUT2D eigenvalue weighted by molar-refractivity contribution is 7.47. The van der Waals surface area contributed by atoms with Crippen LogP contribution < -0.4 is 0 Å². The molecule has 0 aliphatic carbocycles. The first-order valence-corrected chi connectivity index (χ1v) is 40.3. The highest BCUT2D eigenvalue weighted by atomic mass is 31.2.